The first-order valence-electron chi connectivity index (χ1n) is 9.25. The van der Waals surface area contributed by atoms with Crippen molar-refractivity contribution in [1.82, 2.24) is 24.5 Å². The normalized spacial score (nSPS) is 11.2. The first-order chi connectivity index (χ1) is 14.6. The lowest BCUT2D eigenvalue weighted by Gasteiger charge is -2.09. The van der Waals surface area contributed by atoms with E-state index in [2.05, 4.69) is 36.0 Å². The number of rotatable bonds is 4. The maximum absolute atomic E-state index is 6.04. The van der Waals surface area contributed by atoms with Crippen molar-refractivity contribution >= 4 is 21.4 Å². The Kier molecular flexibility index (Phi) is 4.55. The third-order valence-electron chi connectivity index (χ3n) is 4.80. The van der Waals surface area contributed by atoms with Gasteiger partial charge < -0.3 is 13.7 Å². The Balaban J connectivity index is 1.53. The van der Waals surface area contributed by atoms with Gasteiger partial charge in [-0.3, -0.25) is 0 Å². The molecule has 4 heterocycles. The molecule has 0 aliphatic carbocycles. The molecule has 0 spiro atoms. The highest BCUT2D eigenvalue weighted by Gasteiger charge is 2.18. The molecule has 0 saturated heterocycles. The zero-order valence-electron chi connectivity index (χ0n) is 16.2. The van der Waals surface area contributed by atoms with E-state index in [0.29, 0.717) is 28.9 Å². The summed E-state index contributed by atoms with van der Waals surface area (Å²) in [4.78, 5) is 13.2. The van der Waals surface area contributed by atoms with Crippen molar-refractivity contribution in [3.05, 3.63) is 76.9 Å². The van der Waals surface area contributed by atoms with E-state index in [1.807, 2.05) is 60.7 Å². The second-order valence-electron chi connectivity index (χ2n) is 6.84. The lowest BCUT2D eigenvalue weighted by molar-refractivity contribution is 0.430. The van der Waals surface area contributed by atoms with Crippen molar-refractivity contribution in [3.63, 3.8) is 0 Å². The van der Waals surface area contributed by atoms with Crippen molar-refractivity contribution < 1.29 is 9.26 Å². The predicted octanol–water partition coefficient (Wildman–Crippen LogP) is 5.62. The van der Waals surface area contributed by atoms with Crippen LogP contribution in [-0.4, -0.2) is 24.5 Å². The molecule has 0 saturated carbocycles. The molecule has 8 heteroatoms. The number of aryl methyl sites for hydroxylation is 2. The van der Waals surface area contributed by atoms with Gasteiger partial charge in [0.2, 0.25) is 11.7 Å². The minimum atomic E-state index is 0.399. The van der Waals surface area contributed by atoms with E-state index in [9.17, 15) is 0 Å². The number of halogens is 1. The highest BCUT2D eigenvalue weighted by molar-refractivity contribution is 9.10. The van der Waals surface area contributed by atoms with Gasteiger partial charge in [-0.1, -0.05) is 11.2 Å². The number of hydrogen-bond donors (Lipinski definition) is 0. The van der Waals surface area contributed by atoms with E-state index in [0.717, 1.165) is 26.8 Å². The summed E-state index contributed by atoms with van der Waals surface area (Å²) in [5.41, 5.74) is 4.57. The Morgan fingerprint density at radius 2 is 1.97 bits per heavy atom. The van der Waals surface area contributed by atoms with Crippen molar-refractivity contribution in [2.75, 3.05) is 0 Å². The summed E-state index contributed by atoms with van der Waals surface area (Å²) in [5.74, 6) is 1.88. The second-order valence-corrected chi connectivity index (χ2v) is 7.69. The van der Waals surface area contributed by atoms with Gasteiger partial charge in [0.1, 0.15) is 5.75 Å². The first kappa shape index (κ1) is 18.5. The van der Waals surface area contributed by atoms with Crippen LogP contribution in [0.3, 0.4) is 0 Å². The number of imidazole rings is 1. The molecule has 0 bridgehead atoms. The number of aromatic nitrogens is 5. The van der Waals surface area contributed by atoms with Crippen molar-refractivity contribution in [2.45, 2.75) is 13.8 Å². The van der Waals surface area contributed by atoms with E-state index >= 15 is 0 Å². The predicted molar refractivity (Wildman–Crippen MR) is 115 cm³/mol. The lowest BCUT2D eigenvalue weighted by Crippen LogP contribution is -1.94. The van der Waals surface area contributed by atoms with E-state index in [4.69, 9.17) is 9.26 Å². The van der Waals surface area contributed by atoms with Gasteiger partial charge in [0.15, 0.2) is 0 Å². The van der Waals surface area contributed by atoms with Gasteiger partial charge in [-0.25, -0.2) is 9.97 Å². The van der Waals surface area contributed by atoms with E-state index in [-0.39, 0.29) is 0 Å². The SMILES string of the molecule is Cc1ccc(Oc2ncccc2-c2noc(-c3ccc4cncn4c3C)n2)c(Br)c1. The van der Waals surface area contributed by atoms with Gasteiger partial charge in [0.25, 0.3) is 5.89 Å². The topological polar surface area (TPSA) is 78.3 Å². The standard InChI is InChI=1S/C22H16BrN5O2/c1-13-5-8-19(18(23)10-13)29-21-17(4-3-9-25-21)20-26-22(30-27-20)16-7-6-15-11-24-12-28(15)14(16)2/h3-12H,1-2H3. The second kappa shape index (κ2) is 7.38. The van der Waals surface area contributed by atoms with E-state index in [1.54, 1.807) is 18.7 Å². The number of hydrogen-bond acceptors (Lipinski definition) is 6. The van der Waals surface area contributed by atoms with Crippen LogP contribution in [0.5, 0.6) is 11.6 Å². The average Bonchev–Trinajstić information content (AvgIpc) is 3.41. The number of pyridine rings is 2. The molecule has 0 atom stereocenters. The van der Waals surface area contributed by atoms with Gasteiger partial charge in [0.05, 0.1) is 33.6 Å². The van der Waals surface area contributed by atoms with Crippen LogP contribution in [0.1, 0.15) is 11.3 Å². The Hall–Kier alpha value is -3.52. The number of nitrogens with zero attached hydrogens (tertiary/aromatic N) is 5. The molecular formula is C22H16BrN5O2. The third-order valence-corrected chi connectivity index (χ3v) is 5.42. The summed E-state index contributed by atoms with van der Waals surface area (Å²) in [5, 5.41) is 4.17. The summed E-state index contributed by atoms with van der Waals surface area (Å²) in [6.45, 7) is 4.01. The van der Waals surface area contributed by atoms with Crippen LogP contribution < -0.4 is 4.74 Å². The van der Waals surface area contributed by atoms with E-state index < -0.39 is 0 Å². The largest absolute Gasteiger partial charge is 0.437 e. The van der Waals surface area contributed by atoms with Crippen LogP contribution in [0.2, 0.25) is 0 Å². The quantitative estimate of drug-likeness (QED) is 0.345. The summed E-state index contributed by atoms with van der Waals surface area (Å²) in [6.07, 6.45) is 5.23. The Labute approximate surface area is 180 Å². The van der Waals surface area contributed by atoms with Gasteiger partial charge in [0, 0.05) is 11.9 Å². The zero-order chi connectivity index (χ0) is 20.7. The molecule has 0 radical (unpaired) electrons. The Bertz CT molecular complexity index is 1380. The summed E-state index contributed by atoms with van der Waals surface area (Å²) < 4.78 is 14.4. The summed E-state index contributed by atoms with van der Waals surface area (Å²) >= 11 is 3.53. The number of fused-ring (bicyclic) bond motifs is 1. The fraction of sp³-hybridized carbons (Fsp3) is 0.0909. The molecular weight excluding hydrogens is 446 g/mol. The zero-order valence-corrected chi connectivity index (χ0v) is 17.8. The van der Waals surface area contributed by atoms with Gasteiger partial charge in [-0.2, -0.15) is 4.98 Å². The molecule has 0 amide bonds. The summed E-state index contributed by atoms with van der Waals surface area (Å²) in [7, 11) is 0. The molecule has 5 rings (SSSR count). The summed E-state index contributed by atoms with van der Waals surface area (Å²) in [6, 6.07) is 13.4. The van der Waals surface area contributed by atoms with E-state index in [1.165, 1.54) is 0 Å². The molecule has 30 heavy (non-hydrogen) atoms. The van der Waals surface area contributed by atoms with Crippen LogP contribution in [0, 0.1) is 13.8 Å². The molecule has 1 aromatic carbocycles. The molecule has 148 valence electrons. The van der Waals surface area contributed by atoms with Crippen molar-refractivity contribution in [2.24, 2.45) is 0 Å². The Morgan fingerprint density at radius 3 is 2.83 bits per heavy atom. The highest BCUT2D eigenvalue weighted by Crippen LogP contribution is 2.35. The van der Waals surface area contributed by atoms with Crippen LogP contribution in [0.4, 0.5) is 0 Å². The average molecular weight is 462 g/mol. The minimum Gasteiger partial charge on any atom is -0.437 e. The van der Waals surface area contributed by atoms with Crippen LogP contribution in [-0.2, 0) is 0 Å². The molecule has 0 aliphatic heterocycles. The maximum Gasteiger partial charge on any atom is 0.260 e. The fourth-order valence-electron chi connectivity index (χ4n) is 3.23. The third kappa shape index (κ3) is 3.25. The molecule has 0 unspecified atom stereocenters. The molecule has 0 aliphatic rings. The monoisotopic (exact) mass is 461 g/mol. The molecule has 4 aromatic heterocycles. The van der Waals surface area contributed by atoms with Gasteiger partial charge in [-0.15, -0.1) is 0 Å². The van der Waals surface area contributed by atoms with Crippen molar-refractivity contribution in [3.8, 4) is 34.5 Å². The highest BCUT2D eigenvalue weighted by atomic mass is 79.9. The fourth-order valence-corrected chi connectivity index (χ4v) is 3.81. The first-order valence-corrected chi connectivity index (χ1v) is 10.0. The van der Waals surface area contributed by atoms with Gasteiger partial charge >= 0.3 is 0 Å². The van der Waals surface area contributed by atoms with Crippen LogP contribution in [0.25, 0.3) is 28.4 Å². The number of benzene rings is 1. The van der Waals surface area contributed by atoms with Gasteiger partial charge in [-0.05, 0) is 71.7 Å². The molecule has 0 fully saturated rings. The molecule has 5 aromatic rings. The molecule has 0 N–H and O–H groups in total. The molecule has 7 nitrogen and oxygen atoms in total. The minimum absolute atomic E-state index is 0.399. The number of ether oxygens (including phenoxy) is 1. The van der Waals surface area contributed by atoms with Crippen LogP contribution >= 0.6 is 15.9 Å². The Morgan fingerprint density at radius 1 is 1.07 bits per heavy atom. The van der Waals surface area contributed by atoms with Crippen LogP contribution in [0.15, 0.2) is 70.2 Å². The maximum atomic E-state index is 6.04. The van der Waals surface area contributed by atoms with Crippen molar-refractivity contribution in [1.29, 1.82) is 0 Å². The lowest BCUT2D eigenvalue weighted by atomic mass is 10.2. The smallest absolute Gasteiger partial charge is 0.260 e.